The first kappa shape index (κ1) is 7.01. The van der Waals surface area contributed by atoms with Crippen molar-refractivity contribution in [2.24, 2.45) is 0 Å². The van der Waals surface area contributed by atoms with Crippen molar-refractivity contribution in [3.05, 3.63) is 0 Å². The normalized spacial score (nSPS) is 19.2. The Kier molecular flexibility index (Phi) is 1.86. The first-order valence-corrected chi connectivity index (χ1v) is 2.85. The monoisotopic (exact) mass is 145 g/mol. The predicted molar refractivity (Wildman–Crippen MR) is 30.3 cm³/mol. The number of Topliss-reactive ketones (excluding diaryl/α,β-unsaturated/α-hetero) is 1. The second kappa shape index (κ2) is 2.66. The number of hydroxylamine groups is 2. The molecule has 0 radical (unpaired) electrons. The number of carbonyl (C=O) groups excluding carboxylic acids is 1. The van der Waals surface area contributed by atoms with Crippen LogP contribution < -0.4 is 0 Å². The molecule has 1 aliphatic heterocycles. The Morgan fingerprint density at radius 1 is 1.70 bits per heavy atom. The molecule has 5 nitrogen and oxygen atoms in total. The highest BCUT2D eigenvalue weighted by molar-refractivity contribution is 5.81. The van der Waals surface area contributed by atoms with E-state index in [-0.39, 0.29) is 25.4 Å². The van der Waals surface area contributed by atoms with Crippen LogP contribution >= 0.6 is 0 Å². The maximum Gasteiger partial charge on any atom is 0.431 e. The van der Waals surface area contributed by atoms with Crippen LogP contribution in [0.2, 0.25) is 0 Å². The van der Waals surface area contributed by atoms with Crippen molar-refractivity contribution in [2.45, 2.75) is 6.42 Å². The fraction of sp³-hybridized carbons (Fsp3) is 0.600. The lowest BCUT2D eigenvalue weighted by atomic mass is 10.3. The molecule has 1 saturated heterocycles. The summed E-state index contributed by atoms with van der Waals surface area (Å²) < 4.78 is 0. The highest BCUT2D eigenvalue weighted by Gasteiger charge is 2.20. The predicted octanol–water partition coefficient (Wildman–Crippen LogP) is -0.129. The van der Waals surface area contributed by atoms with E-state index in [1.807, 2.05) is 0 Å². The molecule has 1 aliphatic rings. The molecule has 0 aliphatic carbocycles. The maximum atomic E-state index is 10.5. The molecular formula is C5H7NO4. The van der Waals surface area contributed by atoms with Gasteiger partial charge in [0.25, 0.3) is 0 Å². The van der Waals surface area contributed by atoms with E-state index in [1.54, 1.807) is 0 Å². The number of hydrogen-bond acceptors (Lipinski definition) is 3. The lowest BCUT2D eigenvalue weighted by Gasteiger charge is -2.21. The van der Waals surface area contributed by atoms with Gasteiger partial charge in [-0.05, 0) is 0 Å². The summed E-state index contributed by atoms with van der Waals surface area (Å²) in [6, 6.07) is 0. The minimum Gasteiger partial charge on any atom is -0.463 e. The van der Waals surface area contributed by atoms with Crippen LogP contribution in [0.1, 0.15) is 6.42 Å². The summed E-state index contributed by atoms with van der Waals surface area (Å²) in [5.41, 5.74) is 0. The molecule has 1 rings (SSSR count). The molecule has 0 spiro atoms. The van der Waals surface area contributed by atoms with Crippen LogP contribution in [-0.4, -0.2) is 35.2 Å². The Bertz CT molecular complexity index is 157. The van der Waals surface area contributed by atoms with E-state index in [0.717, 1.165) is 5.06 Å². The fourth-order valence-corrected chi connectivity index (χ4v) is 0.664. The van der Waals surface area contributed by atoms with Gasteiger partial charge in [-0.3, -0.25) is 9.63 Å². The van der Waals surface area contributed by atoms with Gasteiger partial charge in [0.2, 0.25) is 0 Å². The van der Waals surface area contributed by atoms with E-state index < -0.39 is 6.09 Å². The van der Waals surface area contributed by atoms with Crippen LogP contribution in [0.5, 0.6) is 0 Å². The molecule has 1 heterocycles. The van der Waals surface area contributed by atoms with Crippen LogP contribution in [0.15, 0.2) is 0 Å². The van der Waals surface area contributed by atoms with Crippen molar-refractivity contribution >= 4 is 11.9 Å². The summed E-state index contributed by atoms with van der Waals surface area (Å²) in [4.78, 5) is 25.2. The average molecular weight is 145 g/mol. The highest BCUT2D eigenvalue weighted by Crippen LogP contribution is 2.02. The van der Waals surface area contributed by atoms with Crippen molar-refractivity contribution in [3.63, 3.8) is 0 Å². The van der Waals surface area contributed by atoms with Gasteiger partial charge in [0, 0.05) is 6.42 Å². The smallest absolute Gasteiger partial charge is 0.431 e. The third-order valence-corrected chi connectivity index (χ3v) is 1.19. The standard InChI is InChI=1S/C5H7NO4/c7-4-1-2-6(5(8)9)10-3-4/h1-3H2,(H,8,9). The third kappa shape index (κ3) is 1.44. The third-order valence-electron chi connectivity index (χ3n) is 1.19. The molecule has 0 aromatic heterocycles. The van der Waals surface area contributed by atoms with Gasteiger partial charge in [0.05, 0.1) is 6.54 Å². The Labute approximate surface area is 57.1 Å². The quantitative estimate of drug-likeness (QED) is 0.515. The van der Waals surface area contributed by atoms with Crippen LogP contribution in [-0.2, 0) is 9.63 Å². The molecule has 10 heavy (non-hydrogen) atoms. The minimum absolute atomic E-state index is 0.0579. The molecule has 1 N–H and O–H groups in total. The van der Waals surface area contributed by atoms with E-state index >= 15 is 0 Å². The minimum atomic E-state index is -1.15. The van der Waals surface area contributed by atoms with E-state index in [9.17, 15) is 9.59 Å². The summed E-state index contributed by atoms with van der Waals surface area (Å²) in [6.07, 6.45) is -0.890. The van der Waals surface area contributed by atoms with Gasteiger partial charge in [0.15, 0.2) is 5.78 Å². The zero-order valence-electron chi connectivity index (χ0n) is 5.24. The van der Waals surface area contributed by atoms with Crippen molar-refractivity contribution < 1.29 is 19.5 Å². The number of amides is 1. The first-order chi connectivity index (χ1) is 4.70. The Balaban J connectivity index is 2.40. The Hall–Kier alpha value is -1.10. The van der Waals surface area contributed by atoms with Gasteiger partial charge in [-0.15, -0.1) is 0 Å². The molecule has 1 fully saturated rings. The van der Waals surface area contributed by atoms with Crippen molar-refractivity contribution in [1.82, 2.24) is 5.06 Å². The number of carbonyl (C=O) groups is 2. The van der Waals surface area contributed by atoms with Gasteiger partial charge < -0.3 is 5.11 Å². The topological polar surface area (TPSA) is 66.8 Å². The Morgan fingerprint density at radius 2 is 2.40 bits per heavy atom. The summed E-state index contributed by atoms with van der Waals surface area (Å²) in [5, 5.41) is 9.08. The van der Waals surface area contributed by atoms with Gasteiger partial charge in [0.1, 0.15) is 6.61 Å². The number of carboxylic acid groups (broad SMARTS) is 1. The number of rotatable bonds is 0. The largest absolute Gasteiger partial charge is 0.463 e. The molecule has 0 bridgehead atoms. The SMILES string of the molecule is O=C1CCN(C(=O)O)OC1. The van der Waals surface area contributed by atoms with Crippen molar-refractivity contribution in [3.8, 4) is 0 Å². The van der Waals surface area contributed by atoms with Crippen LogP contribution in [0, 0.1) is 0 Å². The first-order valence-electron chi connectivity index (χ1n) is 2.85. The second-order valence-corrected chi connectivity index (χ2v) is 1.95. The summed E-state index contributed by atoms with van der Waals surface area (Å²) >= 11 is 0. The zero-order valence-corrected chi connectivity index (χ0v) is 5.24. The van der Waals surface area contributed by atoms with Crippen molar-refractivity contribution in [2.75, 3.05) is 13.2 Å². The van der Waals surface area contributed by atoms with Crippen molar-refractivity contribution in [1.29, 1.82) is 0 Å². The molecule has 0 aromatic carbocycles. The molecule has 1 amide bonds. The molecule has 0 unspecified atom stereocenters. The van der Waals surface area contributed by atoms with Gasteiger partial charge in [-0.2, -0.15) is 5.06 Å². The van der Waals surface area contributed by atoms with E-state index in [0.29, 0.717) is 0 Å². The average Bonchev–Trinajstić information content (AvgIpc) is 1.88. The summed E-state index contributed by atoms with van der Waals surface area (Å²) in [7, 11) is 0. The van der Waals surface area contributed by atoms with Gasteiger partial charge in [-0.25, -0.2) is 4.79 Å². The molecule has 0 saturated carbocycles. The van der Waals surface area contributed by atoms with E-state index in [2.05, 4.69) is 4.84 Å². The van der Waals surface area contributed by atoms with Crippen LogP contribution in [0.25, 0.3) is 0 Å². The lowest BCUT2D eigenvalue weighted by Crippen LogP contribution is -2.38. The highest BCUT2D eigenvalue weighted by atomic mass is 16.7. The van der Waals surface area contributed by atoms with Gasteiger partial charge in [-0.1, -0.05) is 0 Å². The van der Waals surface area contributed by atoms with E-state index in [1.165, 1.54) is 0 Å². The van der Waals surface area contributed by atoms with Crippen LogP contribution in [0.4, 0.5) is 4.79 Å². The lowest BCUT2D eigenvalue weighted by molar-refractivity contribution is -0.167. The van der Waals surface area contributed by atoms with Crippen LogP contribution in [0.3, 0.4) is 0 Å². The molecule has 56 valence electrons. The molecule has 5 heteroatoms. The second-order valence-electron chi connectivity index (χ2n) is 1.95. The maximum absolute atomic E-state index is 10.5. The molecule has 0 aromatic rings. The number of hydrogen-bond donors (Lipinski definition) is 1. The molecular weight excluding hydrogens is 138 g/mol. The fourth-order valence-electron chi connectivity index (χ4n) is 0.664. The number of ketones is 1. The Morgan fingerprint density at radius 3 is 2.80 bits per heavy atom. The zero-order chi connectivity index (χ0) is 7.56. The van der Waals surface area contributed by atoms with Gasteiger partial charge >= 0.3 is 6.09 Å². The summed E-state index contributed by atoms with van der Waals surface area (Å²) in [5.74, 6) is -0.0579. The molecule has 0 atom stereocenters. The summed E-state index contributed by atoms with van der Waals surface area (Å²) in [6.45, 7) is 0.0282. The number of nitrogens with zero attached hydrogens (tertiary/aromatic N) is 1. The van der Waals surface area contributed by atoms with E-state index in [4.69, 9.17) is 5.11 Å².